The molecule has 0 aromatic heterocycles. The molecule has 0 spiro atoms. The highest BCUT2D eigenvalue weighted by atomic mass is 32.2. The average Bonchev–Trinajstić information content (AvgIpc) is 2.49. The molecule has 0 N–H and O–H groups in total. The molecular weight excluding hydrogens is 298 g/mol. The third kappa shape index (κ3) is 3.51. The van der Waals surface area contributed by atoms with Gasteiger partial charge in [-0.25, -0.2) is 0 Å². The number of allylic oxidation sites excluding steroid dienone is 2. The van der Waals surface area contributed by atoms with Crippen molar-refractivity contribution in [1.82, 2.24) is 8.61 Å². The lowest BCUT2D eigenvalue weighted by atomic mass is 10.1. The summed E-state index contributed by atoms with van der Waals surface area (Å²) < 4.78 is 2.87. The van der Waals surface area contributed by atoms with Crippen LogP contribution < -0.4 is 4.90 Å². The van der Waals surface area contributed by atoms with Gasteiger partial charge in [0.15, 0.2) is 0 Å². The molecule has 1 heterocycles. The lowest BCUT2D eigenvalue weighted by Crippen LogP contribution is -2.40. The fourth-order valence-corrected chi connectivity index (χ4v) is 2.68. The van der Waals surface area contributed by atoms with Gasteiger partial charge >= 0.3 is 0 Å². The smallest absolute Gasteiger partial charge is 0.270 e. The first-order valence-corrected chi connectivity index (χ1v) is 7.53. The van der Waals surface area contributed by atoms with Crippen molar-refractivity contribution in [3.63, 3.8) is 0 Å². The average molecular weight is 317 g/mol. The summed E-state index contributed by atoms with van der Waals surface area (Å²) >= 11 is 1.09. The van der Waals surface area contributed by atoms with Crippen LogP contribution in [0.4, 0.5) is 5.69 Å². The maximum Gasteiger partial charge on any atom is 0.270 e. The van der Waals surface area contributed by atoms with Crippen LogP contribution in [-0.4, -0.2) is 48.6 Å². The lowest BCUT2D eigenvalue weighted by molar-refractivity contribution is -0.129. The van der Waals surface area contributed by atoms with Crippen LogP contribution in [0.15, 0.2) is 42.0 Å². The number of carbonyl (C=O) groups is 2. The minimum absolute atomic E-state index is 0.171. The number of hydrogen-bond acceptors (Lipinski definition) is 4. The molecule has 0 unspecified atom stereocenters. The largest absolute Gasteiger partial charge is 0.378 e. The summed E-state index contributed by atoms with van der Waals surface area (Å²) in [6.45, 7) is 0. The first kappa shape index (κ1) is 16.2. The van der Waals surface area contributed by atoms with Gasteiger partial charge in [0.05, 0.1) is 12.1 Å². The Bertz CT molecular complexity index is 613. The number of rotatable bonds is 3. The molecule has 1 saturated heterocycles. The van der Waals surface area contributed by atoms with E-state index in [1.54, 1.807) is 26.2 Å². The molecule has 0 aliphatic carbocycles. The molecule has 1 aromatic carbocycles. The van der Waals surface area contributed by atoms with Crippen molar-refractivity contribution in [1.29, 1.82) is 0 Å². The Kier molecular flexibility index (Phi) is 4.92. The van der Waals surface area contributed by atoms with E-state index in [1.165, 1.54) is 8.61 Å². The van der Waals surface area contributed by atoms with Gasteiger partial charge in [0.1, 0.15) is 5.57 Å². The van der Waals surface area contributed by atoms with Crippen LogP contribution in [0, 0.1) is 0 Å². The summed E-state index contributed by atoms with van der Waals surface area (Å²) in [5.41, 5.74) is 2.30. The monoisotopic (exact) mass is 317 g/mol. The Balaban J connectivity index is 2.15. The predicted molar refractivity (Wildman–Crippen MR) is 91.0 cm³/mol. The predicted octanol–water partition coefficient (Wildman–Crippen LogP) is 2.19. The molecule has 6 heteroatoms. The van der Waals surface area contributed by atoms with Crippen LogP contribution in [-0.2, 0) is 9.59 Å². The van der Waals surface area contributed by atoms with Gasteiger partial charge in [-0.05, 0) is 23.8 Å². The number of nitrogens with zero attached hydrogens (tertiary/aromatic N) is 3. The van der Waals surface area contributed by atoms with Crippen LogP contribution in [0.2, 0.25) is 0 Å². The number of benzene rings is 1. The summed E-state index contributed by atoms with van der Waals surface area (Å²) in [5, 5.41) is 0. The quantitative estimate of drug-likeness (QED) is 0.487. The Morgan fingerprint density at radius 3 is 2.05 bits per heavy atom. The molecule has 0 bridgehead atoms. The van der Waals surface area contributed by atoms with E-state index >= 15 is 0 Å². The first-order chi connectivity index (χ1) is 10.4. The second kappa shape index (κ2) is 6.70. The minimum atomic E-state index is -0.277. The van der Waals surface area contributed by atoms with Crippen LogP contribution in [0.3, 0.4) is 0 Å². The highest BCUT2D eigenvalue weighted by Gasteiger charge is 2.31. The maximum absolute atomic E-state index is 12.0. The van der Waals surface area contributed by atoms with Gasteiger partial charge < -0.3 is 4.90 Å². The van der Waals surface area contributed by atoms with Crippen molar-refractivity contribution >= 4 is 35.7 Å². The third-order valence-electron chi connectivity index (χ3n) is 3.24. The number of anilines is 1. The summed E-state index contributed by atoms with van der Waals surface area (Å²) in [7, 11) is 7.27. The van der Waals surface area contributed by atoms with Crippen LogP contribution in [0.1, 0.15) is 5.56 Å². The summed E-state index contributed by atoms with van der Waals surface area (Å²) in [6, 6.07) is 8.01. The van der Waals surface area contributed by atoms with Gasteiger partial charge in [0.2, 0.25) is 0 Å². The van der Waals surface area contributed by atoms with E-state index in [1.807, 2.05) is 49.3 Å². The van der Waals surface area contributed by atoms with Crippen molar-refractivity contribution in [3.8, 4) is 0 Å². The summed E-state index contributed by atoms with van der Waals surface area (Å²) in [5.74, 6) is -0.554. The molecule has 0 radical (unpaired) electrons. The zero-order chi connectivity index (χ0) is 16.3. The number of carbonyl (C=O) groups excluding carboxylic acids is 2. The molecule has 1 aromatic rings. The molecule has 1 aliphatic rings. The highest BCUT2D eigenvalue weighted by Crippen LogP contribution is 2.24. The number of hydrogen-bond donors (Lipinski definition) is 0. The van der Waals surface area contributed by atoms with E-state index in [-0.39, 0.29) is 17.4 Å². The SMILES string of the molecule is CN1SN(C)C(=O)C(=C/C=C/c2ccc(N(C)C)cc2)C1=O. The van der Waals surface area contributed by atoms with Crippen molar-refractivity contribution in [3.05, 3.63) is 47.6 Å². The van der Waals surface area contributed by atoms with Gasteiger partial charge in [-0.1, -0.05) is 24.3 Å². The van der Waals surface area contributed by atoms with Crippen molar-refractivity contribution in [2.24, 2.45) is 0 Å². The van der Waals surface area contributed by atoms with Crippen LogP contribution >= 0.6 is 12.1 Å². The highest BCUT2D eigenvalue weighted by molar-refractivity contribution is 7.95. The standard InChI is InChI=1S/C16H19N3O2S/c1-17(2)13-10-8-12(9-11-13)6-5-7-14-15(20)18(3)22-19(4)16(14)21/h5-11H,1-4H3/b6-5+. The Morgan fingerprint density at radius 2 is 1.55 bits per heavy atom. The van der Waals surface area contributed by atoms with Crippen LogP contribution in [0.5, 0.6) is 0 Å². The van der Waals surface area contributed by atoms with Crippen molar-refractivity contribution in [2.45, 2.75) is 0 Å². The molecule has 1 aliphatic heterocycles. The molecule has 5 nitrogen and oxygen atoms in total. The minimum Gasteiger partial charge on any atom is -0.378 e. The van der Waals surface area contributed by atoms with Gasteiger partial charge in [0, 0.05) is 33.9 Å². The molecule has 2 amide bonds. The van der Waals surface area contributed by atoms with Gasteiger partial charge in [0.25, 0.3) is 11.8 Å². The zero-order valence-electron chi connectivity index (χ0n) is 13.1. The lowest BCUT2D eigenvalue weighted by Gasteiger charge is -2.28. The molecule has 0 atom stereocenters. The Morgan fingerprint density at radius 1 is 1.00 bits per heavy atom. The zero-order valence-corrected chi connectivity index (χ0v) is 13.9. The fraction of sp³-hybridized carbons (Fsp3) is 0.250. The van der Waals surface area contributed by atoms with E-state index in [2.05, 4.69) is 0 Å². The Hall–Kier alpha value is -2.21. The van der Waals surface area contributed by atoms with E-state index in [0.29, 0.717) is 0 Å². The third-order valence-corrected chi connectivity index (χ3v) is 4.06. The second-order valence-corrected chi connectivity index (χ2v) is 6.37. The number of likely N-dealkylation sites (N-methyl/N-ethyl adjacent to an activating group) is 2. The van der Waals surface area contributed by atoms with E-state index in [4.69, 9.17) is 0 Å². The molecular formula is C16H19N3O2S. The second-order valence-electron chi connectivity index (χ2n) is 5.11. The number of amides is 2. The first-order valence-electron chi connectivity index (χ1n) is 6.80. The normalized spacial score (nSPS) is 15.7. The summed E-state index contributed by atoms with van der Waals surface area (Å²) in [4.78, 5) is 26.0. The van der Waals surface area contributed by atoms with E-state index in [0.717, 1.165) is 23.4 Å². The molecule has 116 valence electrons. The van der Waals surface area contributed by atoms with Crippen molar-refractivity contribution < 1.29 is 9.59 Å². The van der Waals surface area contributed by atoms with E-state index in [9.17, 15) is 9.59 Å². The van der Waals surface area contributed by atoms with E-state index < -0.39 is 0 Å². The maximum atomic E-state index is 12.0. The molecule has 1 fully saturated rings. The van der Waals surface area contributed by atoms with Gasteiger partial charge in [-0.2, -0.15) is 0 Å². The van der Waals surface area contributed by atoms with Crippen molar-refractivity contribution in [2.75, 3.05) is 33.1 Å². The van der Waals surface area contributed by atoms with Gasteiger partial charge in [-0.3, -0.25) is 18.2 Å². The van der Waals surface area contributed by atoms with Crippen LogP contribution in [0.25, 0.3) is 6.08 Å². The fourth-order valence-electron chi connectivity index (χ4n) is 1.97. The summed E-state index contributed by atoms with van der Waals surface area (Å²) in [6.07, 6.45) is 5.17. The molecule has 0 saturated carbocycles. The molecule has 2 rings (SSSR count). The molecule has 22 heavy (non-hydrogen) atoms. The Labute approximate surface area is 135 Å². The topological polar surface area (TPSA) is 43.9 Å². The van der Waals surface area contributed by atoms with Gasteiger partial charge in [-0.15, -0.1) is 0 Å².